The number of hydrogen-bond donors (Lipinski definition) is 2. The highest BCUT2D eigenvalue weighted by Gasteiger charge is 2.32. The molecule has 14 heteroatoms. The third kappa shape index (κ3) is 3.92. The van der Waals surface area contributed by atoms with E-state index in [2.05, 4.69) is 31.9 Å². The Labute approximate surface area is 194 Å². The first-order valence-electron chi connectivity index (χ1n) is 10.3. The Morgan fingerprint density at radius 1 is 1.29 bits per heavy atom. The van der Waals surface area contributed by atoms with Crippen molar-refractivity contribution in [1.29, 1.82) is 0 Å². The lowest BCUT2D eigenvalue weighted by Gasteiger charge is -2.14. The number of amides is 2. The number of rotatable bonds is 4. The van der Waals surface area contributed by atoms with E-state index in [1.807, 2.05) is 0 Å². The maximum Gasteiger partial charge on any atom is 0.416 e. The number of nitrogen functional groups attached to an aromatic ring is 1. The molecular formula is C21H17F3N8O3. The lowest BCUT2D eigenvalue weighted by Crippen LogP contribution is -2.27. The van der Waals surface area contributed by atoms with Gasteiger partial charge in [-0.15, -0.1) is 0 Å². The molecule has 0 saturated carbocycles. The number of aromatic nitrogens is 5. The van der Waals surface area contributed by atoms with Crippen molar-refractivity contribution in [2.45, 2.75) is 18.6 Å². The third-order valence-electron chi connectivity index (χ3n) is 5.66. The van der Waals surface area contributed by atoms with Gasteiger partial charge in [-0.3, -0.25) is 14.9 Å². The summed E-state index contributed by atoms with van der Waals surface area (Å²) in [6.07, 6.45) is -1.54. The molecule has 3 aromatic heterocycles. The van der Waals surface area contributed by atoms with E-state index in [1.54, 1.807) is 4.90 Å². The lowest BCUT2D eigenvalue weighted by molar-refractivity contribution is -0.137. The van der Waals surface area contributed by atoms with Gasteiger partial charge >= 0.3 is 12.2 Å². The molecule has 1 aliphatic heterocycles. The van der Waals surface area contributed by atoms with Crippen LogP contribution in [0.15, 0.2) is 41.6 Å². The molecule has 1 aliphatic rings. The molecule has 180 valence electrons. The predicted octanol–water partition coefficient (Wildman–Crippen LogP) is 2.78. The van der Waals surface area contributed by atoms with Crippen molar-refractivity contribution in [3.8, 4) is 0 Å². The summed E-state index contributed by atoms with van der Waals surface area (Å²) in [6.45, 7) is 4.30. The monoisotopic (exact) mass is 486 g/mol. The van der Waals surface area contributed by atoms with E-state index in [0.29, 0.717) is 25.2 Å². The van der Waals surface area contributed by atoms with Gasteiger partial charge in [0.1, 0.15) is 17.7 Å². The molecule has 0 spiro atoms. The molecule has 1 aromatic carbocycles. The Balaban J connectivity index is 1.47. The molecule has 0 radical (unpaired) electrons. The van der Waals surface area contributed by atoms with Crippen molar-refractivity contribution in [1.82, 2.24) is 29.6 Å². The molecule has 3 N–H and O–H groups in total. The van der Waals surface area contributed by atoms with Gasteiger partial charge in [0.15, 0.2) is 16.9 Å². The molecule has 0 bridgehead atoms. The fourth-order valence-corrected chi connectivity index (χ4v) is 3.99. The molecule has 35 heavy (non-hydrogen) atoms. The van der Waals surface area contributed by atoms with Gasteiger partial charge in [-0.25, -0.2) is 14.6 Å². The molecule has 1 fully saturated rings. The SMILES string of the molecule is C=CC(=O)N1CC[C@@H](n2nc(C(=O)Nc3nc4ccc(C(F)(F)F)cc4o3)c3c(N)ncnc32)C1. The first-order chi connectivity index (χ1) is 16.7. The van der Waals surface area contributed by atoms with Crippen LogP contribution in [-0.4, -0.2) is 54.5 Å². The summed E-state index contributed by atoms with van der Waals surface area (Å²) in [5.41, 5.74) is 5.26. The molecule has 5 rings (SSSR count). The van der Waals surface area contributed by atoms with E-state index >= 15 is 0 Å². The zero-order valence-corrected chi connectivity index (χ0v) is 17.9. The van der Waals surface area contributed by atoms with Crippen LogP contribution in [0.2, 0.25) is 0 Å². The minimum atomic E-state index is -4.56. The number of alkyl halides is 3. The first-order valence-corrected chi connectivity index (χ1v) is 10.3. The second-order valence-electron chi connectivity index (χ2n) is 7.83. The zero-order chi connectivity index (χ0) is 24.9. The average Bonchev–Trinajstić information content (AvgIpc) is 3.53. The Hall–Kier alpha value is -4.49. The van der Waals surface area contributed by atoms with Gasteiger partial charge < -0.3 is 15.1 Å². The van der Waals surface area contributed by atoms with Crippen LogP contribution in [-0.2, 0) is 11.0 Å². The largest absolute Gasteiger partial charge is 0.423 e. The van der Waals surface area contributed by atoms with E-state index in [4.69, 9.17) is 10.2 Å². The predicted molar refractivity (Wildman–Crippen MR) is 117 cm³/mol. The highest BCUT2D eigenvalue weighted by molar-refractivity contribution is 6.12. The molecule has 1 atom stereocenters. The van der Waals surface area contributed by atoms with Crippen LogP contribution in [0.4, 0.5) is 25.0 Å². The summed E-state index contributed by atoms with van der Waals surface area (Å²) in [7, 11) is 0. The Morgan fingerprint density at radius 2 is 2.09 bits per heavy atom. The van der Waals surface area contributed by atoms with E-state index in [9.17, 15) is 22.8 Å². The van der Waals surface area contributed by atoms with Crippen molar-refractivity contribution < 1.29 is 27.2 Å². The Morgan fingerprint density at radius 3 is 2.83 bits per heavy atom. The molecule has 1 saturated heterocycles. The summed E-state index contributed by atoms with van der Waals surface area (Å²) in [5.74, 6) is -0.980. The fourth-order valence-electron chi connectivity index (χ4n) is 3.99. The molecule has 11 nitrogen and oxygen atoms in total. The van der Waals surface area contributed by atoms with Crippen molar-refractivity contribution in [2.75, 3.05) is 24.1 Å². The standard InChI is InChI=1S/C21H17F3N8O3/c1-2-14(33)31-6-5-11(8-31)32-18-15(17(25)26-9-27-18)16(30-32)19(34)29-20-28-12-4-3-10(21(22,23)24)7-13(12)35-20/h2-4,7,9,11H,1,5-6,8H2,(H2,25,26,27)(H,28,29,34)/t11-/m1/s1. The number of fused-ring (bicyclic) bond motifs is 2. The van der Waals surface area contributed by atoms with Crippen LogP contribution < -0.4 is 11.1 Å². The highest BCUT2D eigenvalue weighted by atomic mass is 19.4. The number of nitrogens with one attached hydrogen (secondary N) is 1. The number of benzene rings is 1. The number of likely N-dealkylation sites (tertiary alicyclic amines) is 1. The highest BCUT2D eigenvalue weighted by Crippen LogP contribution is 2.33. The van der Waals surface area contributed by atoms with Gasteiger partial charge in [0.05, 0.1) is 17.0 Å². The van der Waals surface area contributed by atoms with Crippen LogP contribution in [0, 0.1) is 0 Å². The molecule has 4 heterocycles. The average molecular weight is 486 g/mol. The normalized spacial score (nSPS) is 16.2. The molecule has 4 aromatic rings. The smallest absolute Gasteiger partial charge is 0.416 e. The van der Waals surface area contributed by atoms with Gasteiger partial charge in [-0.2, -0.15) is 23.3 Å². The summed E-state index contributed by atoms with van der Waals surface area (Å²) in [5, 5.41) is 6.98. The summed E-state index contributed by atoms with van der Waals surface area (Å²) in [4.78, 5) is 38.8. The zero-order valence-electron chi connectivity index (χ0n) is 17.9. The van der Waals surface area contributed by atoms with Crippen LogP contribution in [0.3, 0.4) is 0 Å². The Bertz CT molecular complexity index is 1490. The summed E-state index contributed by atoms with van der Waals surface area (Å²) in [6, 6.07) is 2.22. The van der Waals surface area contributed by atoms with Crippen molar-refractivity contribution in [3.05, 3.63) is 48.4 Å². The number of nitrogens with two attached hydrogens (primary N) is 1. The van der Waals surface area contributed by atoms with E-state index in [0.717, 1.165) is 18.2 Å². The second-order valence-corrected chi connectivity index (χ2v) is 7.83. The maximum absolute atomic E-state index is 13.1. The minimum Gasteiger partial charge on any atom is -0.423 e. The maximum atomic E-state index is 13.1. The summed E-state index contributed by atoms with van der Waals surface area (Å²) >= 11 is 0. The topological polar surface area (TPSA) is 145 Å². The van der Waals surface area contributed by atoms with Crippen LogP contribution in [0.5, 0.6) is 0 Å². The van der Waals surface area contributed by atoms with Gasteiger partial charge in [0, 0.05) is 13.1 Å². The third-order valence-corrected chi connectivity index (χ3v) is 5.66. The molecule has 0 unspecified atom stereocenters. The van der Waals surface area contributed by atoms with Crippen LogP contribution in [0.25, 0.3) is 22.1 Å². The van der Waals surface area contributed by atoms with Crippen LogP contribution in [0.1, 0.15) is 28.5 Å². The van der Waals surface area contributed by atoms with Gasteiger partial charge in [-0.1, -0.05) is 6.58 Å². The van der Waals surface area contributed by atoms with Gasteiger partial charge in [0.25, 0.3) is 5.91 Å². The van der Waals surface area contributed by atoms with E-state index in [-0.39, 0.29) is 46.0 Å². The quantitative estimate of drug-likeness (QED) is 0.419. The number of anilines is 2. The number of halogens is 3. The van der Waals surface area contributed by atoms with Crippen molar-refractivity contribution in [3.63, 3.8) is 0 Å². The summed E-state index contributed by atoms with van der Waals surface area (Å²) < 4.78 is 45.7. The number of carbonyl (C=O) groups is 2. The lowest BCUT2D eigenvalue weighted by atomic mass is 10.2. The van der Waals surface area contributed by atoms with E-state index < -0.39 is 17.6 Å². The fraction of sp³-hybridized carbons (Fsp3) is 0.238. The molecule has 0 aliphatic carbocycles. The van der Waals surface area contributed by atoms with E-state index in [1.165, 1.54) is 17.1 Å². The number of hydrogen-bond acceptors (Lipinski definition) is 8. The van der Waals surface area contributed by atoms with Gasteiger partial charge in [-0.05, 0) is 30.7 Å². The molecule has 2 amide bonds. The number of carbonyl (C=O) groups excluding carboxylic acids is 2. The minimum absolute atomic E-state index is 0.0100. The second kappa shape index (κ2) is 8.07. The van der Waals surface area contributed by atoms with Gasteiger partial charge in [0.2, 0.25) is 5.91 Å². The number of oxazole rings is 1. The Kier molecular flexibility index (Phi) is 5.15. The first kappa shape index (κ1) is 22.3. The number of nitrogens with zero attached hydrogens (tertiary/aromatic N) is 6. The molecular weight excluding hydrogens is 469 g/mol. The van der Waals surface area contributed by atoms with Crippen LogP contribution >= 0.6 is 0 Å². The van der Waals surface area contributed by atoms with Crippen molar-refractivity contribution >= 4 is 45.8 Å². The van der Waals surface area contributed by atoms with Crippen molar-refractivity contribution in [2.24, 2.45) is 0 Å².